The lowest BCUT2D eigenvalue weighted by Gasteiger charge is -2.23. The van der Waals surface area contributed by atoms with Crippen molar-refractivity contribution in [3.8, 4) is 0 Å². The van der Waals surface area contributed by atoms with Crippen molar-refractivity contribution in [3.63, 3.8) is 0 Å². The number of carbonyl (C=O) groups is 5. The van der Waals surface area contributed by atoms with E-state index < -0.39 is 47.8 Å². The standard InChI is InChI=1S/C22H29N3O6/c1-13(2)10-16(19(28)23-11-18(27)31-22(3,4)5)24-17(26)12-25-20(29)14-8-6-7-9-15(14)21(25)30/h6-9,13,16H,10-12H2,1-5H3,(H,23,28)(H,24,26). The Balaban J connectivity index is 1.98. The number of nitrogens with one attached hydrogen (secondary N) is 2. The lowest BCUT2D eigenvalue weighted by molar-refractivity contribution is -0.154. The SMILES string of the molecule is CC(C)CC(NC(=O)CN1C(=O)c2ccccc2C1=O)C(=O)NCC(=O)OC(C)(C)C. The minimum atomic E-state index is -0.926. The smallest absolute Gasteiger partial charge is 0.325 e. The number of carbonyl (C=O) groups excluding carboxylic acids is 5. The van der Waals surface area contributed by atoms with Gasteiger partial charge in [0.15, 0.2) is 0 Å². The van der Waals surface area contributed by atoms with E-state index in [-0.39, 0.29) is 23.6 Å². The third kappa shape index (κ3) is 6.63. The molecule has 1 heterocycles. The largest absolute Gasteiger partial charge is 0.459 e. The van der Waals surface area contributed by atoms with Crippen LogP contribution in [0.4, 0.5) is 0 Å². The number of fused-ring (bicyclic) bond motifs is 1. The van der Waals surface area contributed by atoms with Crippen LogP contribution in [-0.4, -0.2) is 59.2 Å². The topological polar surface area (TPSA) is 122 Å². The maximum absolute atomic E-state index is 12.5. The zero-order chi connectivity index (χ0) is 23.3. The summed E-state index contributed by atoms with van der Waals surface area (Å²) in [5.74, 6) is -2.82. The van der Waals surface area contributed by atoms with E-state index in [0.29, 0.717) is 6.42 Å². The van der Waals surface area contributed by atoms with E-state index >= 15 is 0 Å². The molecule has 0 bridgehead atoms. The molecule has 31 heavy (non-hydrogen) atoms. The highest BCUT2D eigenvalue weighted by Gasteiger charge is 2.36. The number of ether oxygens (including phenoxy) is 1. The van der Waals surface area contributed by atoms with Crippen LogP contribution < -0.4 is 10.6 Å². The molecule has 168 valence electrons. The lowest BCUT2D eigenvalue weighted by Crippen LogP contribution is -2.51. The van der Waals surface area contributed by atoms with Gasteiger partial charge in [0.25, 0.3) is 11.8 Å². The number of benzene rings is 1. The fraction of sp³-hybridized carbons (Fsp3) is 0.500. The van der Waals surface area contributed by atoms with Crippen LogP contribution in [0.5, 0.6) is 0 Å². The summed E-state index contributed by atoms with van der Waals surface area (Å²) in [7, 11) is 0. The molecule has 4 amide bonds. The van der Waals surface area contributed by atoms with Crippen molar-refractivity contribution in [1.82, 2.24) is 15.5 Å². The van der Waals surface area contributed by atoms with Gasteiger partial charge in [-0.05, 0) is 45.2 Å². The number of esters is 1. The van der Waals surface area contributed by atoms with Crippen LogP contribution in [-0.2, 0) is 19.1 Å². The van der Waals surface area contributed by atoms with Crippen LogP contribution in [0.3, 0.4) is 0 Å². The van der Waals surface area contributed by atoms with Gasteiger partial charge >= 0.3 is 5.97 Å². The summed E-state index contributed by atoms with van der Waals surface area (Å²) < 4.78 is 5.15. The fourth-order valence-corrected chi connectivity index (χ4v) is 3.13. The summed E-state index contributed by atoms with van der Waals surface area (Å²) in [5, 5.41) is 5.03. The molecule has 1 aliphatic rings. The van der Waals surface area contributed by atoms with Crippen LogP contribution in [0.2, 0.25) is 0 Å². The molecule has 0 radical (unpaired) electrons. The lowest BCUT2D eigenvalue weighted by atomic mass is 10.0. The van der Waals surface area contributed by atoms with Crippen molar-refractivity contribution in [3.05, 3.63) is 35.4 Å². The average molecular weight is 431 g/mol. The molecule has 0 aromatic heterocycles. The van der Waals surface area contributed by atoms with Gasteiger partial charge in [0.05, 0.1) is 11.1 Å². The predicted octanol–water partition coefficient (Wildman–Crippen LogP) is 1.27. The molecule has 2 rings (SSSR count). The van der Waals surface area contributed by atoms with Crippen LogP contribution in [0.15, 0.2) is 24.3 Å². The summed E-state index contributed by atoms with van der Waals surface area (Å²) in [4.78, 5) is 62.6. The maximum Gasteiger partial charge on any atom is 0.325 e. The molecule has 1 aromatic rings. The van der Waals surface area contributed by atoms with E-state index in [1.807, 2.05) is 13.8 Å². The van der Waals surface area contributed by atoms with E-state index in [2.05, 4.69) is 10.6 Å². The Morgan fingerprint density at radius 1 is 1.03 bits per heavy atom. The Morgan fingerprint density at radius 2 is 1.58 bits per heavy atom. The van der Waals surface area contributed by atoms with Crippen LogP contribution in [0.25, 0.3) is 0 Å². The minimum absolute atomic E-state index is 0.0666. The van der Waals surface area contributed by atoms with Gasteiger partial charge in [-0.15, -0.1) is 0 Å². The first-order valence-electron chi connectivity index (χ1n) is 10.1. The third-order valence-corrected chi connectivity index (χ3v) is 4.37. The van der Waals surface area contributed by atoms with Gasteiger partial charge in [-0.3, -0.25) is 28.9 Å². The summed E-state index contributed by atoms with van der Waals surface area (Å²) in [6.07, 6.45) is 0.314. The highest BCUT2D eigenvalue weighted by Crippen LogP contribution is 2.22. The maximum atomic E-state index is 12.5. The summed E-state index contributed by atoms with van der Waals surface area (Å²) >= 11 is 0. The molecular weight excluding hydrogens is 402 g/mol. The fourth-order valence-electron chi connectivity index (χ4n) is 3.13. The number of amides is 4. The van der Waals surface area contributed by atoms with Gasteiger partial charge in [0, 0.05) is 0 Å². The normalized spacial score (nSPS) is 14.3. The number of imide groups is 1. The van der Waals surface area contributed by atoms with Gasteiger partial charge in [-0.25, -0.2) is 0 Å². The third-order valence-electron chi connectivity index (χ3n) is 4.37. The summed E-state index contributed by atoms with van der Waals surface area (Å²) in [6.45, 7) is 8.07. The van der Waals surface area contributed by atoms with E-state index in [0.717, 1.165) is 4.90 Å². The zero-order valence-electron chi connectivity index (χ0n) is 18.5. The Hall–Kier alpha value is -3.23. The number of hydrogen-bond donors (Lipinski definition) is 2. The van der Waals surface area contributed by atoms with E-state index in [1.54, 1.807) is 32.9 Å². The van der Waals surface area contributed by atoms with Crippen LogP contribution >= 0.6 is 0 Å². The molecule has 0 saturated carbocycles. The molecule has 0 saturated heterocycles. The molecule has 0 spiro atoms. The summed E-state index contributed by atoms with van der Waals surface area (Å²) in [6, 6.07) is 5.41. The average Bonchev–Trinajstić information content (AvgIpc) is 2.89. The molecule has 9 heteroatoms. The van der Waals surface area contributed by atoms with Gasteiger partial charge in [-0.2, -0.15) is 0 Å². The number of hydrogen-bond acceptors (Lipinski definition) is 6. The number of rotatable bonds is 8. The van der Waals surface area contributed by atoms with E-state index in [9.17, 15) is 24.0 Å². The van der Waals surface area contributed by atoms with Gasteiger partial charge in [0.1, 0.15) is 24.7 Å². The second kappa shape index (κ2) is 9.72. The first-order chi connectivity index (χ1) is 14.4. The second-order valence-electron chi connectivity index (χ2n) is 8.80. The first-order valence-corrected chi connectivity index (χ1v) is 10.1. The number of nitrogens with zero attached hydrogens (tertiary/aromatic N) is 1. The molecular formula is C22H29N3O6. The van der Waals surface area contributed by atoms with Crippen LogP contribution in [0.1, 0.15) is 61.8 Å². The van der Waals surface area contributed by atoms with Gasteiger partial charge < -0.3 is 15.4 Å². The molecule has 1 atom stereocenters. The van der Waals surface area contributed by atoms with Crippen molar-refractivity contribution >= 4 is 29.6 Å². The van der Waals surface area contributed by atoms with Crippen molar-refractivity contribution in [1.29, 1.82) is 0 Å². The predicted molar refractivity (Wildman–Crippen MR) is 112 cm³/mol. The Morgan fingerprint density at radius 3 is 2.06 bits per heavy atom. The van der Waals surface area contributed by atoms with Crippen molar-refractivity contribution in [2.45, 2.75) is 52.7 Å². The molecule has 1 aromatic carbocycles. The minimum Gasteiger partial charge on any atom is -0.459 e. The monoisotopic (exact) mass is 431 g/mol. The first kappa shape index (κ1) is 24.0. The van der Waals surface area contributed by atoms with Crippen molar-refractivity contribution < 1.29 is 28.7 Å². The molecule has 9 nitrogen and oxygen atoms in total. The Labute approximate surface area is 181 Å². The zero-order valence-corrected chi connectivity index (χ0v) is 18.5. The second-order valence-corrected chi connectivity index (χ2v) is 8.80. The van der Waals surface area contributed by atoms with E-state index in [1.165, 1.54) is 12.1 Å². The van der Waals surface area contributed by atoms with Crippen molar-refractivity contribution in [2.75, 3.05) is 13.1 Å². The Kier molecular flexibility index (Phi) is 7.54. The van der Waals surface area contributed by atoms with Gasteiger partial charge in [0.2, 0.25) is 11.8 Å². The highest BCUT2D eigenvalue weighted by atomic mass is 16.6. The van der Waals surface area contributed by atoms with Crippen molar-refractivity contribution in [2.24, 2.45) is 5.92 Å². The summed E-state index contributed by atoms with van der Waals surface area (Å²) in [5.41, 5.74) is -0.192. The van der Waals surface area contributed by atoms with Gasteiger partial charge in [-0.1, -0.05) is 26.0 Å². The molecule has 1 unspecified atom stereocenters. The molecule has 1 aliphatic heterocycles. The van der Waals surface area contributed by atoms with Crippen LogP contribution in [0, 0.1) is 5.92 Å². The molecule has 2 N–H and O–H groups in total. The quantitative estimate of drug-likeness (QED) is 0.472. The highest BCUT2D eigenvalue weighted by molar-refractivity contribution is 6.22. The molecule has 0 aliphatic carbocycles. The Bertz CT molecular complexity index is 852. The van der Waals surface area contributed by atoms with E-state index in [4.69, 9.17) is 4.74 Å². The molecule has 0 fully saturated rings.